The molecule has 0 saturated heterocycles. The Bertz CT molecular complexity index is 1580. The summed E-state index contributed by atoms with van der Waals surface area (Å²) in [6, 6.07) is 0. The van der Waals surface area contributed by atoms with Gasteiger partial charge in [0.2, 0.25) is 0 Å². The van der Waals surface area contributed by atoms with E-state index in [2.05, 4.69) is 142 Å². The smallest absolute Gasteiger partial charge is 0.306 e. The molecule has 0 N–H and O–H groups in total. The fraction of sp³-hybridized carbons (Fsp3) is 0.627. The molecule has 6 heteroatoms. The second-order valence-electron chi connectivity index (χ2n) is 19.1. The minimum Gasteiger partial charge on any atom is -0.462 e. The molecule has 0 heterocycles. The van der Waals surface area contributed by atoms with Crippen molar-refractivity contribution in [2.24, 2.45) is 0 Å². The lowest BCUT2D eigenvalue weighted by atomic mass is 10.1. The van der Waals surface area contributed by atoms with Crippen LogP contribution in [0.5, 0.6) is 0 Å². The molecule has 0 saturated carbocycles. The molecule has 0 spiro atoms. The minimum atomic E-state index is -0.825. The number of ether oxygens (including phenoxy) is 3. The fourth-order valence-corrected chi connectivity index (χ4v) is 7.75. The van der Waals surface area contributed by atoms with Gasteiger partial charge in [0.15, 0.2) is 6.10 Å². The number of hydrogen-bond acceptors (Lipinski definition) is 6. The van der Waals surface area contributed by atoms with Crippen LogP contribution in [0.2, 0.25) is 0 Å². The lowest BCUT2D eigenvalue weighted by Gasteiger charge is -2.18. The molecular formula is C67H108O6. The molecular weight excluding hydrogens is 901 g/mol. The molecule has 0 bridgehead atoms. The summed E-state index contributed by atoms with van der Waals surface area (Å²) in [5, 5.41) is 0. The maximum absolute atomic E-state index is 12.8. The summed E-state index contributed by atoms with van der Waals surface area (Å²) in [5.41, 5.74) is 0. The molecule has 0 aromatic rings. The molecule has 0 aromatic carbocycles. The van der Waals surface area contributed by atoms with Crippen LogP contribution in [0.3, 0.4) is 0 Å². The summed E-state index contributed by atoms with van der Waals surface area (Å²) in [7, 11) is 0. The van der Waals surface area contributed by atoms with Gasteiger partial charge in [-0.05, 0) is 122 Å². The Hall–Kier alpha value is -4.45. The monoisotopic (exact) mass is 1010 g/mol. The molecule has 0 fully saturated rings. The van der Waals surface area contributed by atoms with Crippen LogP contribution in [0.25, 0.3) is 0 Å². The molecule has 73 heavy (non-hydrogen) atoms. The average Bonchev–Trinajstić information content (AvgIpc) is 3.39. The summed E-state index contributed by atoms with van der Waals surface area (Å²) in [4.78, 5) is 38.1. The second kappa shape index (κ2) is 60.1. The Morgan fingerprint density at radius 3 is 0.904 bits per heavy atom. The van der Waals surface area contributed by atoms with Crippen LogP contribution in [-0.2, 0) is 28.6 Å². The van der Waals surface area contributed by atoms with Crippen LogP contribution in [0.1, 0.15) is 252 Å². The zero-order valence-electron chi connectivity index (χ0n) is 47.1. The van der Waals surface area contributed by atoms with Crippen molar-refractivity contribution in [3.05, 3.63) is 134 Å². The third-order valence-corrected chi connectivity index (χ3v) is 12.1. The van der Waals surface area contributed by atoms with E-state index in [0.29, 0.717) is 19.3 Å². The molecule has 0 radical (unpaired) electrons. The van der Waals surface area contributed by atoms with Crippen LogP contribution in [0.15, 0.2) is 134 Å². The summed E-state index contributed by atoms with van der Waals surface area (Å²) in [6.45, 7) is 6.31. The quantitative estimate of drug-likeness (QED) is 0.0261. The highest BCUT2D eigenvalue weighted by molar-refractivity contribution is 5.71. The molecule has 1 atom stereocenters. The van der Waals surface area contributed by atoms with E-state index < -0.39 is 12.1 Å². The molecule has 0 aliphatic rings. The van der Waals surface area contributed by atoms with E-state index in [1.165, 1.54) is 83.5 Å². The maximum atomic E-state index is 12.8. The summed E-state index contributed by atoms with van der Waals surface area (Å²) in [6.07, 6.45) is 84.7. The number of carbonyl (C=O) groups excluding carboxylic acids is 3. The highest BCUT2D eigenvalue weighted by Crippen LogP contribution is 2.14. The molecule has 6 nitrogen and oxygen atoms in total. The Morgan fingerprint density at radius 2 is 0.562 bits per heavy atom. The SMILES string of the molecule is CC/C=C\C/C=C\C/C=C\C/C=C\C/C=C\C/C=C\CCCCCCCCCCCCC(=O)OCC(COC(=O)CCCCCCC/C=C\CCCCCC)OC(=O)CC/C=C\C/C=C\C/C=C\C/C=C\CC. The van der Waals surface area contributed by atoms with E-state index in [1.807, 2.05) is 12.2 Å². The molecule has 0 aliphatic heterocycles. The van der Waals surface area contributed by atoms with Gasteiger partial charge >= 0.3 is 17.9 Å². The summed E-state index contributed by atoms with van der Waals surface area (Å²) >= 11 is 0. The van der Waals surface area contributed by atoms with E-state index in [4.69, 9.17) is 14.2 Å². The van der Waals surface area contributed by atoms with Crippen molar-refractivity contribution >= 4 is 17.9 Å². The maximum Gasteiger partial charge on any atom is 0.306 e. The molecule has 412 valence electrons. The standard InChI is InChI=1S/C67H108O6/c1-4-7-10-13-16-19-22-25-26-27-28-29-30-31-32-33-34-35-36-37-38-39-40-43-45-48-51-54-57-60-66(69)72-63-64(73-67(70)61-58-55-52-49-46-42-24-21-18-15-12-9-6-3)62-71-65(68)59-56-53-50-47-44-41-23-20-17-14-11-8-5-2/h7,9-10,12,16,18-21,23,25-26,28-29,31-32,34-35,42,46,52,55,64H,4-6,8,11,13-15,17,22,24,27,30,33,36-41,43-45,47-51,53-54,56-63H2,1-3H3/b10-7-,12-9-,19-16-,21-18-,23-20-,26-25-,29-28-,32-31-,35-34-,46-42-,55-52-. The first-order valence-corrected chi connectivity index (χ1v) is 29.7. The molecule has 1 unspecified atom stereocenters. The van der Waals surface area contributed by atoms with Gasteiger partial charge in [-0.15, -0.1) is 0 Å². The van der Waals surface area contributed by atoms with Crippen molar-refractivity contribution in [1.82, 2.24) is 0 Å². The van der Waals surface area contributed by atoms with Gasteiger partial charge in [0.25, 0.3) is 0 Å². The first-order chi connectivity index (χ1) is 36.0. The third-order valence-electron chi connectivity index (χ3n) is 12.1. The number of carbonyl (C=O) groups is 3. The van der Waals surface area contributed by atoms with Crippen molar-refractivity contribution in [2.45, 2.75) is 258 Å². The van der Waals surface area contributed by atoms with E-state index in [0.717, 1.165) is 122 Å². The van der Waals surface area contributed by atoms with Gasteiger partial charge in [0.05, 0.1) is 0 Å². The molecule has 0 amide bonds. The van der Waals surface area contributed by atoms with Crippen LogP contribution in [-0.4, -0.2) is 37.2 Å². The number of unbranched alkanes of at least 4 members (excludes halogenated alkanes) is 19. The van der Waals surface area contributed by atoms with Gasteiger partial charge in [-0.25, -0.2) is 0 Å². The van der Waals surface area contributed by atoms with Crippen LogP contribution >= 0.6 is 0 Å². The zero-order valence-corrected chi connectivity index (χ0v) is 47.1. The Labute approximate surface area is 449 Å². The summed E-state index contributed by atoms with van der Waals surface area (Å²) < 4.78 is 16.8. The van der Waals surface area contributed by atoms with Gasteiger partial charge in [-0.2, -0.15) is 0 Å². The Kier molecular flexibility index (Phi) is 56.4. The topological polar surface area (TPSA) is 78.9 Å². The second-order valence-corrected chi connectivity index (χ2v) is 19.1. The van der Waals surface area contributed by atoms with E-state index >= 15 is 0 Å². The average molecular weight is 1010 g/mol. The first-order valence-electron chi connectivity index (χ1n) is 29.7. The Morgan fingerprint density at radius 1 is 0.288 bits per heavy atom. The van der Waals surface area contributed by atoms with Crippen molar-refractivity contribution in [1.29, 1.82) is 0 Å². The van der Waals surface area contributed by atoms with Crippen molar-refractivity contribution < 1.29 is 28.6 Å². The number of allylic oxidation sites excluding steroid dienone is 22. The zero-order chi connectivity index (χ0) is 52.9. The highest BCUT2D eigenvalue weighted by Gasteiger charge is 2.19. The highest BCUT2D eigenvalue weighted by atomic mass is 16.6. The lowest BCUT2D eigenvalue weighted by molar-refractivity contribution is -0.166. The van der Waals surface area contributed by atoms with Gasteiger partial charge in [-0.1, -0.05) is 244 Å². The Balaban J connectivity index is 4.32. The van der Waals surface area contributed by atoms with Crippen molar-refractivity contribution in [2.75, 3.05) is 13.2 Å². The predicted octanol–water partition coefficient (Wildman–Crippen LogP) is 20.2. The molecule has 0 aliphatic carbocycles. The third kappa shape index (κ3) is 58.3. The van der Waals surface area contributed by atoms with Crippen LogP contribution in [0, 0.1) is 0 Å². The van der Waals surface area contributed by atoms with Gasteiger partial charge < -0.3 is 14.2 Å². The first kappa shape index (κ1) is 68.6. The number of rotatable bonds is 52. The van der Waals surface area contributed by atoms with Gasteiger partial charge in [-0.3, -0.25) is 14.4 Å². The van der Waals surface area contributed by atoms with Crippen LogP contribution in [0.4, 0.5) is 0 Å². The summed E-state index contributed by atoms with van der Waals surface area (Å²) in [5.74, 6) is -1.01. The van der Waals surface area contributed by atoms with E-state index in [-0.39, 0.29) is 31.6 Å². The normalized spacial score (nSPS) is 13.1. The van der Waals surface area contributed by atoms with E-state index in [9.17, 15) is 14.4 Å². The minimum absolute atomic E-state index is 0.115. The largest absolute Gasteiger partial charge is 0.462 e. The van der Waals surface area contributed by atoms with Crippen LogP contribution < -0.4 is 0 Å². The molecule has 0 rings (SSSR count). The number of hydrogen-bond donors (Lipinski definition) is 0. The number of esters is 3. The van der Waals surface area contributed by atoms with Gasteiger partial charge in [0, 0.05) is 19.3 Å². The predicted molar refractivity (Wildman–Crippen MR) is 316 cm³/mol. The lowest BCUT2D eigenvalue weighted by Crippen LogP contribution is -2.30. The van der Waals surface area contributed by atoms with Crippen molar-refractivity contribution in [3.8, 4) is 0 Å². The fourth-order valence-electron chi connectivity index (χ4n) is 7.75. The van der Waals surface area contributed by atoms with Crippen molar-refractivity contribution in [3.63, 3.8) is 0 Å². The van der Waals surface area contributed by atoms with Gasteiger partial charge in [0.1, 0.15) is 13.2 Å². The van der Waals surface area contributed by atoms with E-state index in [1.54, 1.807) is 0 Å². The molecule has 0 aromatic heterocycles.